The number of hydrogen-bond donors (Lipinski definition) is 2. The summed E-state index contributed by atoms with van der Waals surface area (Å²) in [5.74, 6) is -0.599. The maximum Gasteiger partial charge on any atom is 0.243 e. The van der Waals surface area contributed by atoms with Gasteiger partial charge < -0.3 is 10.5 Å². The van der Waals surface area contributed by atoms with Gasteiger partial charge in [-0.2, -0.15) is 0 Å². The second-order valence-corrected chi connectivity index (χ2v) is 7.39. The lowest BCUT2D eigenvalue weighted by Gasteiger charge is -2.10. The number of primary amides is 1. The Balaban J connectivity index is 2.70. The summed E-state index contributed by atoms with van der Waals surface area (Å²) in [6.45, 7) is 1.73. The minimum absolute atomic E-state index is 0.0492. The molecule has 1 amide bonds. The molecule has 1 aromatic rings. The third kappa shape index (κ3) is 5.13. The highest BCUT2D eigenvalue weighted by Crippen LogP contribution is 2.28. The van der Waals surface area contributed by atoms with Crippen LogP contribution in [0.1, 0.15) is 5.56 Å². The van der Waals surface area contributed by atoms with E-state index in [0.29, 0.717) is 8.95 Å². The maximum atomic E-state index is 12.1. The van der Waals surface area contributed by atoms with Gasteiger partial charge in [0, 0.05) is 15.5 Å². The molecule has 0 aliphatic rings. The monoisotopic (exact) mass is 428 g/mol. The number of benzene rings is 1. The summed E-state index contributed by atoms with van der Waals surface area (Å²) in [6.07, 6.45) is 0. The first-order valence-corrected chi connectivity index (χ1v) is 8.62. The number of aryl methyl sites for hydroxylation is 1. The van der Waals surface area contributed by atoms with Gasteiger partial charge in [0.05, 0.1) is 11.5 Å². The predicted molar refractivity (Wildman–Crippen MR) is 81.8 cm³/mol. The molecule has 0 heterocycles. The molecular formula is C11H14Br2N2O4S. The smallest absolute Gasteiger partial charge is 0.243 e. The van der Waals surface area contributed by atoms with Crippen LogP contribution in [0.25, 0.3) is 0 Å². The van der Waals surface area contributed by atoms with Crippen LogP contribution in [0.15, 0.2) is 26.0 Å². The molecule has 0 fully saturated rings. The molecule has 3 N–H and O–H groups in total. The second kappa shape index (κ2) is 7.51. The zero-order valence-electron chi connectivity index (χ0n) is 10.7. The standard InChI is InChI=1S/C11H14Br2N2O4S/c1-7-4-9(13)10(5-8(7)12)20(17,18)15-2-3-19-6-11(14)16/h4-5,15H,2-3,6H2,1H3,(H2,14,16). The van der Waals surface area contributed by atoms with Gasteiger partial charge in [0.1, 0.15) is 6.61 Å². The van der Waals surface area contributed by atoms with E-state index in [1.807, 2.05) is 6.92 Å². The number of carbonyl (C=O) groups excluding carboxylic acids is 1. The highest BCUT2D eigenvalue weighted by Gasteiger charge is 2.18. The number of rotatable bonds is 7. The molecule has 9 heteroatoms. The van der Waals surface area contributed by atoms with E-state index in [1.54, 1.807) is 6.07 Å². The molecule has 0 spiro atoms. The maximum absolute atomic E-state index is 12.1. The Hall–Kier alpha value is -0.480. The van der Waals surface area contributed by atoms with Crippen LogP contribution in [-0.4, -0.2) is 34.1 Å². The molecular weight excluding hydrogens is 416 g/mol. The van der Waals surface area contributed by atoms with Crippen molar-refractivity contribution < 1.29 is 17.9 Å². The van der Waals surface area contributed by atoms with Crippen molar-refractivity contribution >= 4 is 47.8 Å². The first-order valence-electron chi connectivity index (χ1n) is 5.55. The highest BCUT2D eigenvalue weighted by molar-refractivity contribution is 9.11. The van der Waals surface area contributed by atoms with Crippen molar-refractivity contribution in [2.75, 3.05) is 19.8 Å². The van der Waals surface area contributed by atoms with E-state index in [4.69, 9.17) is 10.5 Å². The van der Waals surface area contributed by atoms with Gasteiger partial charge in [-0.3, -0.25) is 4.79 Å². The lowest BCUT2D eigenvalue weighted by Crippen LogP contribution is -2.29. The number of halogens is 2. The van der Waals surface area contributed by atoms with E-state index in [0.717, 1.165) is 5.56 Å². The fourth-order valence-electron chi connectivity index (χ4n) is 1.33. The van der Waals surface area contributed by atoms with E-state index in [2.05, 4.69) is 36.6 Å². The summed E-state index contributed by atoms with van der Waals surface area (Å²) >= 11 is 6.52. The van der Waals surface area contributed by atoms with E-state index in [1.165, 1.54) is 6.07 Å². The van der Waals surface area contributed by atoms with Gasteiger partial charge in [-0.1, -0.05) is 15.9 Å². The first kappa shape index (κ1) is 17.6. The van der Waals surface area contributed by atoms with Gasteiger partial charge in [-0.25, -0.2) is 13.1 Å². The minimum atomic E-state index is -3.65. The Morgan fingerprint density at radius 3 is 2.60 bits per heavy atom. The molecule has 0 aliphatic carbocycles. The van der Waals surface area contributed by atoms with Gasteiger partial charge in [-0.15, -0.1) is 0 Å². The summed E-state index contributed by atoms with van der Waals surface area (Å²) < 4.78 is 32.6. The topological polar surface area (TPSA) is 98.5 Å². The number of hydrogen-bond acceptors (Lipinski definition) is 4. The quantitative estimate of drug-likeness (QED) is 0.638. The molecule has 0 unspecified atom stereocenters. The molecule has 0 atom stereocenters. The molecule has 1 rings (SSSR count). The van der Waals surface area contributed by atoms with E-state index in [-0.39, 0.29) is 24.7 Å². The van der Waals surface area contributed by atoms with Gasteiger partial charge in [0.15, 0.2) is 0 Å². The SMILES string of the molecule is Cc1cc(Br)c(S(=O)(=O)NCCOCC(N)=O)cc1Br. The Kier molecular flexibility index (Phi) is 6.59. The van der Waals surface area contributed by atoms with Crippen LogP contribution >= 0.6 is 31.9 Å². The molecule has 0 radical (unpaired) electrons. The normalized spacial score (nSPS) is 11.6. The molecule has 6 nitrogen and oxygen atoms in total. The molecule has 0 aromatic heterocycles. The van der Waals surface area contributed by atoms with Crippen LogP contribution in [0, 0.1) is 6.92 Å². The van der Waals surface area contributed by atoms with Crippen LogP contribution < -0.4 is 10.5 Å². The average molecular weight is 430 g/mol. The zero-order valence-corrected chi connectivity index (χ0v) is 14.6. The van der Waals surface area contributed by atoms with Crippen molar-refractivity contribution in [2.24, 2.45) is 5.73 Å². The number of amides is 1. The van der Waals surface area contributed by atoms with Crippen molar-refractivity contribution in [1.29, 1.82) is 0 Å². The third-order valence-electron chi connectivity index (χ3n) is 2.29. The average Bonchev–Trinajstić information content (AvgIpc) is 2.32. The number of sulfonamides is 1. The first-order chi connectivity index (χ1) is 9.24. The summed E-state index contributed by atoms with van der Waals surface area (Å²) in [6, 6.07) is 3.23. The highest BCUT2D eigenvalue weighted by atomic mass is 79.9. The summed E-state index contributed by atoms with van der Waals surface area (Å²) in [7, 11) is -3.65. The molecule has 1 aromatic carbocycles. The molecule has 20 heavy (non-hydrogen) atoms. The van der Waals surface area contributed by atoms with E-state index < -0.39 is 15.9 Å². The molecule has 0 saturated carbocycles. The van der Waals surface area contributed by atoms with Crippen molar-refractivity contribution in [1.82, 2.24) is 4.72 Å². The number of nitrogens with one attached hydrogen (secondary N) is 1. The van der Waals surface area contributed by atoms with Gasteiger partial charge >= 0.3 is 0 Å². The summed E-state index contributed by atoms with van der Waals surface area (Å²) in [5.41, 5.74) is 5.81. The molecule has 112 valence electrons. The van der Waals surface area contributed by atoms with Crippen LogP contribution in [0.3, 0.4) is 0 Å². The van der Waals surface area contributed by atoms with Crippen LogP contribution in [0.2, 0.25) is 0 Å². The van der Waals surface area contributed by atoms with Gasteiger partial charge in [0.25, 0.3) is 0 Å². The Morgan fingerprint density at radius 2 is 2.00 bits per heavy atom. The zero-order chi connectivity index (χ0) is 15.3. The van der Waals surface area contributed by atoms with E-state index in [9.17, 15) is 13.2 Å². The molecule has 0 bridgehead atoms. The van der Waals surface area contributed by atoms with Crippen LogP contribution in [-0.2, 0) is 19.6 Å². The van der Waals surface area contributed by atoms with Gasteiger partial charge in [0.2, 0.25) is 15.9 Å². The number of carbonyl (C=O) groups is 1. The molecule has 0 saturated heterocycles. The largest absolute Gasteiger partial charge is 0.370 e. The Bertz CT molecular complexity index is 605. The van der Waals surface area contributed by atoms with E-state index >= 15 is 0 Å². The van der Waals surface area contributed by atoms with Crippen LogP contribution in [0.4, 0.5) is 0 Å². The fraction of sp³-hybridized carbons (Fsp3) is 0.364. The van der Waals surface area contributed by atoms with Crippen LogP contribution in [0.5, 0.6) is 0 Å². The summed E-state index contributed by atoms with van der Waals surface area (Å²) in [4.78, 5) is 10.6. The van der Waals surface area contributed by atoms with Gasteiger partial charge in [-0.05, 0) is 40.5 Å². The minimum Gasteiger partial charge on any atom is -0.370 e. The third-order valence-corrected chi connectivity index (χ3v) is 5.56. The van der Waals surface area contributed by atoms with Crippen molar-refractivity contribution in [3.63, 3.8) is 0 Å². The Labute approximate surface area is 134 Å². The number of nitrogens with two attached hydrogens (primary N) is 1. The summed E-state index contributed by atoms with van der Waals surface area (Å²) in [5, 5.41) is 0. The fourth-order valence-corrected chi connectivity index (χ4v) is 4.02. The lowest BCUT2D eigenvalue weighted by molar-refractivity contribution is -0.122. The lowest BCUT2D eigenvalue weighted by atomic mass is 10.2. The van der Waals surface area contributed by atoms with Crippen molar-refractivity contribution in [2.45, 2.75) is 11.8 Å². The molecule has 0 aliphatic heterocycles. The second-order valence-electron chi connectivity index (χ2n) is 3.95. The number of ether oxygens (including phenoxy) is 1. The van der Waals surface area contributed by atoms with Crippen molar-refractivity contribution in [3.8, 4) is 0 Å². The van der Waals surface area contributed by atoms with Crippen molar-refractivity contribution in [3.05, 3.63) is 26.6 Å². The predicted octanol–water partition coefficient (Wildman–Crippen LogP) is 1.30. The Morgan fingerprint density at radius 1 is 1.35 bits per heavy atom.